The molecule has 1 nitrogen and oxygen atoms in total. The largest absolute Gasteiger partial charge is 0.368 e. The summed E-state index contributed by atoms with van der Waals surface area (Å²) in [5.41, 5.74) is 0. The smallest absolute Gasteiger partial charge is 0.000496 e. The SMILES string of the molecule is CC.CC.[HH].c1cc[nH]c1. The van der Waals surface area contributed by atoms with Crippen LogP contribution in [0.2, 0.25) is 0 Å². The van der Waals surface area contributed by atoms with Gasteiger partial charge in [-0.05, 0) is 12.1 Å². The molecule has 0 aliphatic carbocycles. The highest BCUT2D eigenvalue weighted by Gasteiger charge is 1.55. The van der Waals surface area contributed by atoms with Crippen LogP contribution in [0.3, 0.4) is 0 Å². The second kappa shape index (κ2) is 15.7. The van der Waals surface area contributed by atoms with Crippen molar-refractivity contribution in [3.05, 3.63) is 24.5 Å². The minimum absolute atomic E-state index is 0. The first kappa shape index (κ1) is 11.1. The molecule has 0 amide bonds. The van der Waals surface area contributed by atoms with Crippen LogP contribution in [0, 0.1) is 0 Å². The van der Waals surface area contributed by atoms with Crippen molar-refractivity contribution in [2.45, 2.75) is 27.7 Å². The fourth-order valence-electron chi connectivity index (χ4n) is 0.278. The molecule has 0 aliphatic heterocycles. The average Bonchev–Trinajstić information content (AvgIpc) is 2.51. The predicted octanol–water partition coefficient (Wildman–Crippen LogP) is 3.31. The summed E-state index contributed by atoms with van der Waals surface area (Å²) in [6.07, 6.45) is 3.75. The second-order valence-corrected chi connectivity index (χ2v) is 0.885. The maximum Gasteiger partial charge on any atom is 0.000496 e. The molecule has 0 atom stereocenters. The highest BCUT2D eigenvalue weighted by molar-refractivity contribution is 4.84. The highest BCUT2D eigenvalue weighted by atomic mass is 14.6. The van der Waals surface area contributed by atoms with E-state index in [4.69, 9.17) is 0 Å². The van der Waals surface area contributed by atoms with Crippen molar-refractivity contribution in [1.29, 1.82) is 0 Å². The fourth-order valence-corrected chi connectivity index (χ4v) is 0.278. The highest BCUT2D eigenvalue weighted by Crippen LogP contribution is 1.72. The molecule has 0 saturated heterocycles. The predicted molar refractivity (Wildman–Crippen MR) is 45.6 cm³/mol. The van der Waals surface area contributed by atoms with Crippen LogP contribution in [0.25, 0.3) is 0 Å². The summed E-state index contributed by atoms with van der Waals surface area (Å²) in [5.74, 6) is 0. The van der Waals surface area contributed by atoms with Crippen LogP contribution in [0.1, 0.15) is 29.1 Å². The molecule has 56 valence electrons. The van der Waals surface area contributed by atoms with E-state index in [0.717, 1.165) is 0 Å². The summed E-state index contributed by atoms with van der Waals surface area (Å²) in [6.45, 7) is 8.00. The molecule has 0 aliphatic rings. The topological polar surface area (TPSA) is 15.8 Å². The summed E-state index contributed by atoms with van der Waals surface area (Å²) in [5, 5.41) is 0. The number of aromatic nitrogens is 1. The van der Waals surface area contributed by atoms with Crippen molar-refractivity contribution in [3.8, 4) is 0 Å². The molecule has 9 heavy (non-hydrogen) atoms. The maximum atomic E-state index is 2.86. The monoisotopic (exact) mass is 129 g/mol. The van der Waals surface area contributed by atoms with Gasteiger partial charge in [0.15, 0.2) is 0 Å². The first-order valence-corrected chi connectivity index (χ1v) is 3.58. The van der Waals surface area contributed by atoms with E-state index in [9.17, 15) is 0 Å². The van der Waals surface area contributed by atoms with Crippen LogP contribution in [0.15, 0.2) is 24.5 Å². The molecule has 0 unspecified atom stereocenters. The van der Waals surface area contributed by atoms with E-state index in [1.54, 1.807) is 0 Å². The lowest BCUT2D eigenvalue weighted by molar-refractivity contribution is 1.42. The van der Waals surface area contributed by atoms with Crippen molar-refractivity contribution in [2.24, 2.45) is 0 Å². The molecule has 1 heterocycles. The Morgan fingerprint density at radius 2 is 1.22 bits per heavy atom. The van der Waals surface area contributed by atoms with E-state index in [2.05, 4.69) is 4.98 Å². The van der Waals surface area contributed by atoms with Crippen molar-refractivity contribution in [1.82, 2.24) is 4.98 Å². The van der Waals surface area contributed by atoms with Crippen molar-refractivity contribution >= 4 is 0 Å². The van der Waals surface area contributed by atoms with Gasteiger partial charge >= 0.3 is 0 Å². The standard InChI is InChI=1S/C4H5N.2C2H6.H2/c1-2-4-5-3-1;2*1-2;/h1-5H;2*1-2H3;1H. The van der Waals surface area contributed by atoms with Gasteiger partial charge in [0.2, 0.25) is 0 Å². The third-order valence-corrected chi connectivity index (χ3v) is 0.496. The van der Waals surface area contributed by atoms with Crippen molar-refractivity contribution < 1.29 is 1.43 Å². The molecule has 0 aromatic carbocycles. The lowest BCUT2D eigenvalue weighted by Gasteiger charge is -1.49. The Bertz CT molecular complexity index is 65.7. The van der Waals surface area contributed by atoms with Gasteiger partial charge in [0.1, 0.15) is 0 Å². The minimum Gasteiger partial charge on any atom is -0.368 e. The van der Waals surface area contributed by atoms with E-state index in [1.165, 1.54) is 0 Å². The van der Waals surface area contributed by atoms with Gasteiger partial charge in [-0.2, -0.15) is 0 Å². The Kier molecular flexibility index (Phi) is 19.4. The Hall–Kier alpha value is -0.720. The molecular weight excluding hydrogens is 110 g/mol. The number of hydrogen-bond donors (Lipinski definition) is 1. The zero-order valence-corrected chi connectivity index (χ0v) is 6.81. The van der Waals surface area contributed by atoms with E-state index < -0.39 is 0 Å². The van der Waals surface area contributed by atoms with Gasteiger partial charge in [-0.15, -0.1) is 0 Å². The molecule has 0 saturated carbocycles. The second-order valence-electron chi connectivity index (χ2n) is 0.885. The van der Waals surface area contributed by atoms with Gasteiger partial charge in [-0.25, -0.2) is 0 Å². The third-order valence-electron chi connectivity index (χ3n) is 0.496. The molecule has 1 aromatic heterocycles. The minimum atomic E-state index is 0. The zero-order chi connectivity index (χ0) is 7.54. The summed E-state index contributed by atoms with van der Waals surface area (Å²) < 4.78 is 0. The lowest BCUT2D eigenvalue weighted by atomic mass is 10.7. The van der Waals surface area contributed by atoms with E-state index in [-0.39, 0.29) is 1.43 Å². The molecule has 1 heteroatoms. The van der Waals surface area contributed by atoms with Crippen molar-refractivity contribution in [3.63, 3.8) is 0 Å². The Labute approximate surface area is 59.6 Å². The van der Waals surface area contributed by atoms with E-state index in [1.807, 2.05) is 52.2 Å². The molecule has 0 fully saturated rings. The van der Waals surface area contributed by atoms with Crippen LogP contribution in [-0.4, -0.2) is 4.98 Å². The van der Waals surface area contributed by atoms with E-state index in [0.29, 0.717) is 0 Å². The zero-order valence-electron chi connectivity index (χ0n) is 6.81. The van der Waals surface area contributed by atoms with Gasteiger partial charge in [0.25, 0.3) is 0 Å². The van der Waals surface area contributed by atoms with Crippen LogP contribution < -0.4 is 0 Å². The van der Waals surface area contributed by atoms with Gasteiger partial charge in [0, 0.05) is 13.8 Å². The van der Waals surface area contributed by atoms with Crippen molar-refractivity contribution in [2.75, 3.05) is 0 Å². The Morgan fingerprint density at radius 3 is 1.33 bits per heavy atom. The van der Waals surface area contributed by atoms with Crippen LogP contribution in [0.4, 0.5) is 0 Å². The number of H-pyrrole nitrogens is 1. The molecule has 1 rings (SSSR count). The summed E-state index contributed by atoms with van der Waals surface area (Å²) >= 11 is 0. The number of nitrogens with one attached hydrogen (secondary N) is 1. The molecule has 1 aromatic rings. The number of hydrogen-bond acceptors (Lipinski definition) is 0. The van der Waals surface area contributed by atoms with Gasteiger partial charge < -0.3 is 4.98 Å². The summed E-state index contributed by atoms with van der Waals surface area (Å²) in [4.78, 5) is 2.86. The summed E-state index contributed by atoms with van der Waals surface area (Å²) in [6, 6.07) is 3.89. The number of rotatable bonds is 0. The molecule has 0 bridgehead atoms. The Balaban J connectivity index is -0.0000000875. The fraction of sp³-hybridized carbons (Fsp3) is 0.500. The molecule has 0 spiro atoms. The summed E-state index contributed by atoms with van der Waals surface area (Å²) in [7, 11) is 0. The van der Waals surface area contributed by atoms with Crippen LogP contribution >= 0.6 is 0 Å². The molecular formula is C8H19N. The Morgan fingerprint density at radius 1 is 0.889 bits per heavy atom. The van der Waals surface area contributed by atoms with Gasteiger partial charge in [-0.1, -0.05) is 27.7 Å². The first-order chi connectivity index (χ1) is 4.50. The van der Waals surface area contributed by atoms with E-state index >= 15 is 0 Å². The lowest BCUT2D eigenvalue weighted by Crippen LogP contribution is -1.38. The molecule has 0 radical (unpaired) electrons. The maximum absolute atomic E-state index is 2.86. The third kappa shape index (κ3) is 11.1. The van der Waals surface area contributed by atoms with Crippen LogP contribution in [-0.2, 0) is 0 Å². The van der Waals surface area contributed by atoms with Gasteiger partial charge in [-0.3, -0.25) is 0 Å². The van der Waals surface area contributed by atoms with Gasteiger partial charge in [0.05, 0.1) is 0 Å². The normalized spacial score (nSPS) is 5.78. The molecule has 1 N–H and O–H groups in total. The quantitative estimate of drug-likeness (QED) is 0.553. The number of aromatic amines is 1. The average molecular weight is 129 g/mol. The van der Waals surface area contributed by atoms with Crippen LogP contribution in [0.5, 0.6) is 0 Å². The first-order valence-electron chi connectivity index (χ1n) is 3.58.